The molecule has 0 aliphatic carbocycles. The number of amides is 1. The Balaban J connectivity index is 1.74. The molecule has 0 radical (unpaired) electrons. The van der Waals surface area contributed by atoms with Crippen LogP contribution in [0.15, 0.2) is 53.3 Å². The van der Waals surface area contributed by atoms with Crippen molar-refractivity contribution >= 4 is 17.2 Å². The molecule has 2 aromatic heterocycles. The predicted octanol–water partition coefficient (Wildman–Crippen LogP) is 2.52. The SMILES string of the molecule is CCCCn1c(-c2ccc(O)cc2)cs/c1=N\NC(=O)COc1cnccn1. The Morgan fingerprint density at radius 2 is 2.14 bits per heavy atom. The van der Waals surface area contributed by atoms with E-state index in [0.29, 0.717) is 4.80 Å². The molecule has 1 amide bonds. The average molecular weight is 399 g/mol. The molecule has 0 atom stereocenters. The van der Waals surface area contributed by atoms with Crippen molar-refractivity contribution < 1.29 is 14.6 Å². The van der Waals surface area contributed by atoms with E-state index >= 15 is 0 Å². The second-order valence-electron chi connectivity index (χ2n) is 5.93. The Kier molecular flexibility index (Phi) is 6.74. The van der Waals surface area contributed by atoms with E-state index < -0.39 is 0 Å². The van der Waals surface area contributed by atoms with E-state index in [1.165, 1.54) is 29.9 Å². The fraction of sp³-hybridized carbons (Fsp3) is 0.263. The highest BCUT2D eigenvalue weighted by atomic mass is 32.1. The third kappa shape index (κ3) is 5.17. The first kappa shape index (κ1) is 19.6. The molecule has 2 N–H and O–H groups in total. The van der Waals surface area contributed by atoms with Crippen LogP contribution >= 0.6 is 11.3 Å². The van der Waals surface area contributed by atoms with Gasteiger partial charge in [-0.3, -0.25) is 9.78 Å². The number of rotatable bonds is 8. The molecule has 0 spiro atoms. The van der Waals surface area contributed by atoms with Gasteiger partial charge in [-0.25, -0.2) is 10.4 Å². The summed E-state index contributed by atoms with van der Waals surface area (Å²) in [7, 11) is 0. The lowest BCUT2D eigenvalue weighted by atomic mass is 10.1. The Hall–Kier alpha value is -3.20. The lowest BCUT2D eigenvalue weighted by Gasteiger charge is -2.09. The van der Waals surface area contributed by atoms with Crippen LogP contribution in [0.25, 0.3) is 11.3 Å². The fourth-order valence-electron chi connectivity index (χ4n) is 2.46. The van der Waals surface area contributed by atoms with Crippen LogP contribution in [-0.4, -0.2) is 32.2 Å². The van der Waals surface area contributed by atoms with Crippen LogP contribution in [0.5, 0.6) is 11.6 Å². The molecule has 3 aromatic rings. The highest BCUT2D eigenvalue weighted by molar-refractivity contribution is 7.07. The number of carbonyl (C=O) groups excluding carboxylic acids is 1. The molecule has 146 valence electrons. The Labute approximate surface area is 166 Å². The number of ether oxygens (including phenoxy) is 1. The molecule has 0 saturated heterocycles. The number of nitrogens with one attached hydrogen (secondary N) is 1. The second kappa shape index (κ2) is 9.65. The van der Waals surface area contributed by atoms with Gasteiger partial charge in [0.05, 0.1) is 11.9 Å². The predicted molar refractivity (Wildman–Crippen MR) is 106 cm³/mol. The van der Waals surface area contributed by atoms with Gasteiger partial charge in [0.2, 0.25) is 10.7 Å². The van der Waals surface area contributed by atoms with Crippen molar-refractivity contribution in [3.05, 3.63) is 53.0 Å². The number of thiazole rings is 1. The third-order valence-electron chi connectivity index (χ3n) is 3.86. The van der Waals surface area contributed by atoms with Gasteiger partial charge in [-0.2, -0.15) is 0 Å². The average Bonchev–Trinajstić information content (AvgIpc) is 3.13. The van der Waals surface area contributed by atoms with Crippen molar-refractivity contribution in [3.8, 4) is 22.9 Å². The Bertz CT molecular complexity index is 967. The minimum atomic E-state index is -0.382. The number of phenols is 1. The summed E-state index contributed by atoms with van der Waals surface area (Å²) in [4.78, 5) is 20.5. The molecule has 1 aromatic carbocycles. The summed E-state index contributed by atoms with van der Waals surface area (Å²) >= 11 is 1.44. The summed E-state index contributed by atoms with van der Waals surface area (Å²) in [6.07, 6.45) is 6.48. The van der Waals surface area contributed by atoms with Gasteiger partial charge in [-0.05, 0) is 36.2 Å². The standard InChI is InChI=1S/C19H21N5O3S/c1-2-3-10-24-16(14-4-6-15(25)7-5-14)13-28-19(24)23-22-17(26)12-27-18-11-20-8-9-21-18/h4-9,11,13,25H,2-3,10,12H2,1H3,(H,22,26)/b23-19-. The van der Waals surface area contributed by atoms with Gasteiger partial charge < -0.3 is 14.4 Å². The maximum atomic E-state index is 12.0. The summed E-state index contributed by atoms with van der Waals surface area (Å²) in [5.41, 5.74) is 4.49. The minimum Gasteiger partial charge on any atom is -0.508 e. The van der Waals surface area contributed by atoms with E-state index in [2.05, 4.69) is 32.0 Å². The Morgan fingerprint density at radius 3 is 2.86 bits per heavy atom. The van der Waals surface area contributed by atoms with Crippen molar-refractivity contribution in [2.75, 3.05) is 6.61 Å². The molecule has 0 fully saturated rings. The molecule has 0 bridgehead atoms. The van der Waals surface area contributed by atoms with E-state index in [1.54, 1.807) is 12.1 Å². The zero-order valence-corrected chi connectivity index (χ0v) is 16.2. The van der Waals surface area contributed by atoms with Gasteiger partial charge in [-0.1, -0.05) is 13.3 Å². The van der Waals surface area contributed by atoms with E-state index in [0.717, 1.165) is 30.6 Å². The van der Waals surface area contributed by atoms with Crippen molar-refractivity contribution in [1.82, 2.24) is 20.0 Å². The smallest absolute Gasteiger partial charge is 0.278 e. The molecular formula is C19H21N5O3S. The number of nitrogens with zero attached hydrogens (tertiary/aromatic N) is 4. The first-order valence-corrected chi connectivity index (χ1v) is 9.74. The normalized spacial score (nSPS) is 11.4. The third-order valence-corrected chi connectivity index (χ3v) is 4.73. The number of hydrogen-bond acceptors (Lipinski definition) is 7. The largest absolute Gasteiger partial charge is 0.508 e. The van der Waals surface area contributed by atoms with Crippen LogP contribution in [0.1, 0.15) is 19.8 Å². The second-order valence-corrected chi connectivity index (χ2v) is 6.77. The van der Waals surface area contributed by atoms with Crippen LogP contribution in [0.3, 0.4) is 0 Å². The molecule has 3 rings (SSSR count). The monoisotopic (exact) mass is 399 g/mol. The van der Waals surface area contributed by atoms with E-state index in [9.17, 15) is 9.90 Å². The van der Waals surface area contributed by atoms with Crippen LogP contribution in [-0.2, 0) is 11.3 Å². The maximum Gasteiger partial charge on any atom is 0.278 e. The number of carbonyl (C=O) groups is 1. The highest BCUT2D eigenvalue weighted by Gasteiger charge is 2.09. The van der Waals surface area contributed by atoms with E-state index in [-0.39, 0.29) is 24.1 Å². The van der Waals surface area contributed by atoms with Crippen LogP contribution in [0.4, 0.5) is 0 Å². The maximum absolute atomic E-state index is 12.0. The quantitative estimate of drug-likeness (QED) is 0.567. The summed E-state index contributed by atoms with van der Waals surface area (Å²) in [6.45, 7) is 2.70. The van der Waals surface area contributed by atoms with Crippen LogP contribution in [0, 0.1) is 0 Å². The molecule has 28 heavy (non-hydrogen) atoms. The van der Waals surface area contributed by atoms with Crippen LogP contribution < -0.4 is 15.0 Å². The first-order valence-electron chi connectivity index (χ1n) is 8.86. The van der Waals surface area contributed by atoms with Gasteiger partial charge in [0.15, 0.2) is 6.61 Å². The number of aromatic nitrogens is 3. The van der Waals surface area contributed by atoms with Gasteiger partial charge in [0.1, 0.15) is 5.75 Å². The van der Waals surface area contributed by atoms with Crippen molar-refractivity contribution in [1.29, 1.82) is 0 Å². The van der Waals surface area contributed by atoms with Crippen LogP contribution in [0.2, 0.25) is 0 Å². The molecular weight excluding hydrogens is 378 g/mol. The molecule has 9 heteroatoms. The number of unbranched alkanes of at least 4 members (excludes halogenated alkanes) is 1. The molecule has 0 saturated carbocycles. The minimum absolute atomic E-state index is 0.201. The van der Waals surface area contributed by atoms with E-state index in [4.69, 9.17) is 4.74 Å². The molecule has 0 aliphatic heterocycles. The fourth-order valence-corrected chi connectivity index (χ4v) is 3.35. The summed E-state index contributed by atoms with van der Waals surface area (Å²) in [5, 5.41) is 15.7. The van der Waals surface area contributed by atoms with Crippen molar-refractivity contribution in [2.24, 2.45) is 5.10 Å². The highest BCUT2D eigenvalue weighted by Crippen LogP contribution is 2.22. The van der Waals surface area contributed by atoms with Gasteiger partial charge in [-0.15, -0.1) is 16.4 Å². The van der Waals surface area contributed by atoms with Crippen molar-refractivity contribution in [3.63, 3.8) is 0 Å². The first-order chi connectivity index (χ1) is 13.7. The van der Waals surface area contributed by atoms with Gasteiger partial charge in [0, 0.05) is 24.3 Å². The van der Waals surface area contributed by atoms with Gasteiger partial charge in [0.25, 0.3) is 5.91 Å². The molecule has 8 nitrogen and oxygen atoms in total. The molecule has 2 heterocycles. The van der Waals surface area contributed by atoms with E-state index in [1.807, 2.05) is 17.5 Å². The lowest BCUT2D eigenvalue weighted by Crippen LogP contribution is -2.28. The Morgan fingerprint density at radius 1 is 1.32 bits per heavy atom. The molecule has 0 aliphatic rings. The molecule has 0 unspecified atom stereocenters. The number of aromatic hydroxyl groups is 1. The number of phenolic OH excluding ortho intramolecular Hbond substituents is 1. The number of hydrogen-bond donors (Lipinski definition) is 2. The summed E-state index contributed by atoms with van der Waals surface area (Å²) < 4.78 is 7.32. The van der Waals surface area contributed by atoms with Gasteiger partial charge >= 0.3 is 0 Å². The lowest BCUT2D eigenvalue weighted by molar-refractivity contribution is -0.123. The number of benzene rings is 1. The van der Waals surface area contributed by atoms with Crippen molar-refractivity contribution in [2.45, 2.75) is 26.3 Å². The topological polar surface area (TPSA) is 102 Å². The summed E-state index contributed by atoms with van der Waals surface area (Å²) in [6, 6.07) is 7.02. The summed E-state index contributed by atoms with van der Waals surface area (Å²) in [5.74, 6) is 0.119. The zero-order valence-electron chi connectivity index (χ0n) is 15.4. The zero-order chi connectivity index (χ0) is 19.8.